The molecule has 14 heavy (non-hydrogen) atoms. The van der Waals surface area contributed by atoms with Crippen LogP contribution in [0, 0.1) is 0 Å². The monoisotopic (exact) mass is 258 g/mol. The second kappa shape index (κ2) is 3.88. The van der Waals surface area contributed by atoms with Crippen LogP contribution in [0.25, 0.3) is 0 Å². The summed E-state index contributed by atoms with van der Waals surface area (Å²) in [5.41, 5.74) is 0.782. The first-order valence-electron chi connectivity index (χ1n) is 4.45. The Hall–Kier alpha value is -0.580. The molecule has 1 aliphatic heterocycles. The zero-order chi connectivity index (χ0) is 10.1. The molecule has 4 heteroatoms. The van der Waals surface area contributed by atoms with E-state index in [2.05, 4.69) is 15.9 Å². The van der Waals surface area contributed by atoms with Crippen LogP contribution in [0.4, 0.5) is 0 Å². The van der Waals surface area contributed by atoms with E-state index in [9.17, 15) is 5.11 Å². The largest absolute Gasteiger partial charge is 0.488 e. The molecule has 0 saturated heterocycles. The lowest BCUT2D eigenvalue weighted by molar-refractivity contribution is 0.0332. The first kappa shape index (κ1) is 9.96. The van der Waals surface area contributed by atoms with Crippen LogP contribution in [0.15, 0.2) is 22.7 Å². The van der Waals surface area contributed by atoms with Crippen molar-refractivity contribution < 1.29 is 14.9 Å². The molecule has 1 aliphatic rings. The Bertz CT molecular complexity index is 340. The van der Waals surface area contributed by atoms with Crippen LogP contribution in [0.2, 0.25) is 0 Å². The standard InChI is InChI=1S/C10H11BrO3/c11-6-1-2-10-8(3-6)9(13)4-7(5-12)14-10/h1-3,7,9,12-13H,4-5H2. The number of hydrogen-bond acceptors (Lipinski definition) is 3. The minimum Gasteiger partial charge on any atom is -0.488 e. The topological polar surface area (TPSA) is 49.7 Å². The van der Waals surface area contributed by atoms with Crippen molar-refractivity contribution in [3.63, 3.8) is 0 Å². The first-order valence-corrected chi connectivity index (χ1v) is 5.25. The van der Waals surface area contributed by atoms with Crippen LogP contribution < -0.4 is 4.74 Å². The maximum atomic E-state index is 9.78. The Labute approximate surface area is 90.5 Å². The molecule has 0 aromatic heterocycles. The SMILES string of the molecule is OCC1CC(O)c2cc(Br)ccc2O1. The quantitative estimate of drug-likeness (QED) is 0.805. The summed E-state index contributed by atoms with van der Waals surface area (Å²) in [4.78, 5) is 0. The zero-order valence-electron chi connectivity index (χ0n) is 7.48. The molecule has 2 unspecified atom stereocenters. The number of benzene rings is 1. The lowest BCUT2D eigenvalue weighted by Crippen LogP contribution is -2.28. The van der Waals surface area contributed by atoms with Crippen LogP contribution in [0.3, 0.4) is 0 Å². The summed E-state index contributed by atoms with van der Waals surface area (Å²) in [7, 11) is 0. The predicted octanol–water partition coefficient (Wildman–Crippen LogP) is 1.63. The van der Waals surface area contributed by atoms with Crippen molar-refractivity contribution in [2.45, 2.75) is 18.6 Å². The third-order valence-electron chi connectivity index (χ3n) is 2.31. The average Bonchev–Trinajstić information content (AvgIpc) is 2.19. The highest BCUT2D eigenvalue weighted by Gasteiger charge is 2.26. The number of rotatable bonds is 1. The molecular weight excluding hydrogens is 248 g/mol. The van der Waals surface area contributed by atoms with Gasteiger partial charge in [0.2, 0.25) is 0 Å². The molecule has 2 atom stereocenters. The van der Waals surface area contributed by atoms with Gasteiger partial charge < -0.3 is 14.9 Å². The van der Waals surface area contributed by atoms with Crippen molar-refractivity contribution in [3.05, 3.63) is 28.2 Å². The van der Waals surface area contributed by atoms with Gasteiger partial charge in [0.25, 0.3) is 0 Å². The molecule has 1 aromatic rings. The lowest BCUT2D eigenvalue weighted by atomic mass is 9.99. The molecule has 0 spiro atoms. The van der Waals surface area contributed by atoms with Gasteiger partial charge in [0, 0.05) is 16.5 Å². The first-order chi connectivity index (χ1) is 6.70. The molecule has 3 nitrogen and oxygen atoms in total. The van der Waals surface area contributed by atoms with Crippen LogP contribution in [-0.4, -0.2) is 22.9 Å². The van der Waals surface area contributed by atoms with E-state index in [0.717, 1.165) is 10.0 Å². The van der Waals surface area contributed by atoms with Gasteiger partial charge >= 0.3 is 0 Å². The van der Waals surface area contributed by atoms with E-state index in [4.69, 9.17) is 9.84 Å². The number of aliphatic hydroxyl groups excluding tert-OH is 2. The summed E-state index contributed by atoms with van der Waals surface area (Å²) in [5, 5.41) is 18.7. The van der Waals surface area contributed by atoms with Crippen molar-refractivity contribution >= 4 is 15.9 Å². The highest BCUT2D eigenvalue weighted by molar-refractivity contribution is 9.10. The van der Waals surface area contributed by atoms with E-state index in [1.165, 1.54) is 0 Å². The molecule has 76 valence electrons. The summed E-state index contributed by atoms with van der Waals surface area (Å²) in [6, 6.07) is 5.49. The van der Waals surface area contributed by atoms with E-state index in [1.54, 1.807) is 6.07 Å². The van der Waals surface area contributed by atoms with Gasteiger partial charge in [-0.25, -0.2) is 0 Å². The van der Waals surface area contributed by atoms with E-state index in [0.29, 0.717) is 12.2 Å². The van der Waals surface area contributed by atoms with E-state index in [1.807, 2.05) is 12.1 Å². The molecule has 0 amide bonds. The highest BCUT2D eigenvalue weighted by Crippen LogP contribution is 2.36. The number of fused-ring (bicyclic) bond motifs is 1. The van der Waals surface area contributed by atoms with Gasteiger partial charge in [0.15, 0.2) is 0 Å². The van der Waals surface area contributed by atoms with Crippen molar-refractivity contribution in [2.75, 3.05) is 6.61 Å². The summed E-state index contributed by atoms with van der Waals surface area (Å²) >= 11 is 3.33. The average molecular weight is 259 g/mol. The predicted molar refractivity (Wildman–Crippen MR) is 55.2 cm³/mol. The van der Waals surface area contributed by atoms with Crippen LogP contribution in [-0.2, 0) is 0 Å². The van der Waals surface area contributed by atoms with Crippen molar-refractivity contribution in [2.24, 2.45) is 0 Å². The smallest absolute Gasteiger partial charge is 0.125 e. The second-order valence-electron chi connectivity index (χ2n) is 3.36. The lowest BCUT2D eigenvalue weighted by Gasteiger charge is -2.28. The van der Waals surface area contributed by atoms with E-state index >= 15 is 0 Å². The molecule has 0 saturated carbocycles. The van der Waals surface area contributed by atoms with Crippen LogP contribution >= 0.6 is 15.9 Å². The van der Waals surface area contributed by atoms with E-state index < -0.39 is 6.10 Å². The molecule has 1 aromatic carbocycles. The molecular formula is C10H11BrO3. The Morgan fingerprint density at radius 3 is 3.00 bits per heavy atom. The summed E-state index contributed by atoms with van der Waals surface area (Å²) in [6.45, 7) is -0.0629. The third kappa shape index (κ3) is 1.78. The molecule has 1 heterocycles. The highest BCUT2D eigenvalue weighted by atomic mass is 79.9. The summed E-state index contributed by atoms with van der Waals surface area (Å²) in [6.07, 6.45) is -0.396. The van der Waals surface area contributed by atoms with Crippen molar-refractivity contribution in [1.82, 2.24) is 0 Å². The van der Waals surface area contributed by atoms with Gasteiger partial charge in [-0.15, -0.1) is 0 Å². The zero-order valence-corrected chi connectivity index (χ0v) is 9.07. The molecule has 0 bridgehead atoms. The van der Waals surface area contributed by atoms with Crippen LogP contribution in [0.5, 0.6) is 5.75 Å². The fourth-order valence-corrected chi connectivity index (χ4v) is 1.98. The van der Waals surface area contributed by atoms with Crippen molar-refractivity contribution in [1.29, 1.82) is 0 Å². The fraction of sp³-hybridized carbons (Fsp3) is 0.400. The second-order valence-corrected chi connectivity index (χ2v) is 4.27. The van der Waals surface area contributed by atoms with E-state index in [-0.39, 0.29) is 12.7 Å². The minimum absolute atomic E-state index is 0.0629. The van der Waals surface area contributed by atoms with Crippen LogP contribution in [0.1, 0.15) is 18.1 Å². The fourth-order valence-electron chi connectivity index (χ4n) is 1.60. The van der Waals surface area contributed by atoms with Gasteiger partial charge in [0.05, 0.1) is 12.7 Å². The molecule has 0 fully saturated rings. The molecule has 2 N–H and O–H groups in total. The number of halogens is 1. The maximum absolute atomic E-state index is 9.78. The molecule has 0 radical (unpaired) electrons. The Balaban J connectivity index is 2.35. The number of aliphatic hydroxyl groups is 2. The normalized spacial score (nSPS) is 25.4. The Morgan fingerprint density at radius 2 is 2.29 bits per heavy atom. The molecule has 2 rings (SSSR count). The number of ether oxygens (including phenoxy) is 1. The maximum Gasteiger partial charge on any atom is 0.125 e. The Kier molecular flexibility index (Phi) is 2.76. The van der Waals surface area contributed by atoms with Gasteiger partial charge in [-0.1, -0.05) is 15.9 Å². The van der Waals surface area contributed by atoms with Gasteiger partial charge in [-0.3, -0.25) is 0 Å². The van der Waals surface area contributed by atoms with Gasteiger partial charge in [-0.05, 0) is 18.2 Å². The summed E-state index contributed by atoms with van der Waals surface area (Å²) < 4.78 is 6.39. The van der Waals surface area contributed by atoms with Crippen molar-refractivity contribution in [3.8, 4) is 5.75 Å². The van der Waals surface area contributed by atoms with Gasteiger partial charge in [-0.2, -0.15) is 0 Å². The number of hydrogen-bond donors (Lipinski definition) is 2. The third-order valence-corrected chi connectivity index (χ3v) is 2.81. The van der Waals surface area contributed by atoms with Gasteiger partial charge in [0.1, 0.15) is 11.9 Å². The minimum atomic E-state index is -0.548. The summed E-state index contributed by atoms with van der Waals surface area (Å²) in [5.74, 6) is 0.658. The Morgan fingerprint density at radius 1 is 1.50 bits per heavy atom. The molecule has 0 aliphatic carbocycles.